The fourth-order valence-corrected chi connectivity index (χ4v) is 1.81. The Balaban J connectivity index is 2.13. The number of hydrogen-bond donors (Lipinski definition) is 1. The molecule has 5 heteroatoms. The van der Waals surface area contributed by atoms with Crippen LogP contribution in [-0.4, -0.2) is 17.3 Å². The smallest absolute Gasteiger partial charge is 0.231 e. The molecule has 1 aromatic heterocycles. The van der Waals surface area contributed by atoms with Gasteiger partial charge in [0.15, 0.2) is 5.82 Å². The summed E-state index contributed by atoms with van der Waals surface area (Å²) in [6.07, 6.45) is 0.570. The Morgan fingerprint density at radius 3 is 2.75 bits per heavy atom. The normalized spacial score (nSPS) is 13.2. The molecule has 0 radical (unpaired) electrons. The standard InChI is InChI=1S/C15H21N3O2/c1-15(2,3)13(16)14-17-12(20-18-14)9-10-6-5-7-11(8-10)19-4/h5-8,13H,9,16H2,1-4H3. The summed E-state index contributed by atoms with van der Waals surface area (Å²) in [6.45, 7) is 6.15. The first-order chi connectivity index (χ1) is 9.40. The largest absolute Gasteiger partial charge is 0.497 e. The lowest BCUT2D eigenvalue weighted by Crippen LogP contribution is -2.27. The van der Waals surface area contributed by atoms with Crippen LogP contribution >= 0.6 is 0 Å². The van der Waals surface area contributed by atoms with Crippen LogP contribution in [0.3, 0.4) is 0 Å². The Labute approximate surface area is 119 Å². The van der Waals surface area contributed by atoms with Crippen LogP contribution in [-0.2, 0) is 6.42 Å². The van der Waals surface area contributed by atoms with Crippen molar-refractivity contribution in [3.8, 4) is 5.75 Å². The van der Waals surface area contributed by atoms with Gasteiger partial charge in [-0.3, -0.25) is 0 Å². The van der Waals surface area contributed by atoms with Crippen molar-refractivity contribution in [1.29, 1.82) is 0 Å². The van der Waals surface area contributed by atoms with Crippen LogP contribution in [0.25, 0.3) is 0 Å². The first kappa shape index (κ1) is 14.5. The molecule has 2 rings (SSSR count). The third kappa shape index (κ3) is 3.36. The summed E-state index contributed by atoms with van der Waals surface area (Å²) in [4.78, 5) is 4.38. The SMILES string of the molecule is COc1cccc(Cc2nc(C(N)C(C)(C)C)no2)c1. The van der Waals surface area contributed by atoms with E-state index < -0.39 is 0 Å². The maximum atomic E-state index is 6.12. The minimum atomic E-state index is -0.245. The van der Waals surface area contributed by atoms with E-state index in [1.807, 2.05) is 24.3 Å². The Morgan fingerprint density at radius 1 is 1.35 bits per heavy atom. The van der Waals surface area contributed by atoms with Gasteiger partial charge in [-0.05, 0) is 23.1 Å². The van der Waals surface area contributed by atoms with Crippen molar-refractivity contribution in [2.45, 2.75) is 33.2 Å². The molecule has 0 bridgehead atoms. The van der Waals surface area contributed by atoms with Crippen LogP contribution < -0.4 is 10.5 Å². The highest BCUT2D eigenvalue weighted by Gasteiger charge is 2.26. The maximum Gasteiger partial charge on any atom is 0.231 e. The van der Waals surface area contributed by atoms with Gasteiger partial charge in [0.2, 0.25) is 5.89 Å². The lowest BCUT2D eigenvalue weighted by Gasteiger charge is -2.23. The van der Waals surface area contributed by atoms with Crippen molar-refractivity contribution in [1.82, 2.24) is 10.1 Å². The lowest BCUT2D eigenvalue weighted by molar-refractivity contribution is 0.301. The second-order valence-electron chi connectivity index (χ2n) is 5.92. The van der Waals surface area contributed by atoms with Crippen LogP contribution in [0.2, 0.25) is 0 Å². The van der Waals surface area contributed by atoms with Gasteiger partial charge in [-0.25, -0.2) is 0 Å². The van der Waals surface area contributed by atoms with Gasteiger partial charge >= 0.3 is 0 Å². The molecule has 1 atom stereocenters. The van der Waals surface area contributed by atoms with Crippen LogP contribution in [0.15, 0.2) is 28.8 Å². The molecule has 0 amide bonds. The molecule has 1 heterocycles. The van der Waals surface area contributed by atoms with Gasteiger partial charge in [-0.15, -0.1) is 0 Å². The monoisotopic (exact) mass is 275 g/mol. The van der Waals surface area contributed by atoms with Gasteiger partial charge in [0.05, 0.1) is 19.6 Å². The fourth-order valence-electron chi connectivity index (χ4n) is 1.81. The molecular weight excluding hydrogens is 254 g/mol. The number of benzene rings is 1. The van der Waals surface area contributed by atoms with Crippen LogP contribution in [0.4, 0.5) is 0 Å². The summed E-state index contributed by atoms with van der Waals surface area (Å²) in [6, 6.07) is 7.54. The zero-order valence-corrected chi connectivity index (χ0v) is 12.4. The highest BCUT2D eigenvalue weighted by molar-refractivity contribution is 5.29. The Hall–Kier alpha value is -1.88. The summed E-state index contributed by atoms with van der Waals surface area (Å²) in [7, 11) is 1.65. The van der Waals surface area contributed by atoms with Crippen molar-refractivity contribution in [3.63, 3.8) is 0 Å². The number of ether oxygens (including phenoxy) is 1. The van der Waals surface area contributed by atoms with E-state index in [1.165, 1.54) is 0 Å². The minimum Gasteiger partial charge on any atom is -0.497 e. The molecular formula is C15H21N3O2. The number of aromatic nitrogens is 2. The van der Waals surface area contributed by atoms with E-state index >= 15 is 0 Å². The first-order valence-corrected chi connectivity index (χ1v) is 6.61. The highest BCUT2D eigenvalue weighted by Crippen LogP contribution is 2.28. The van der Waals surface area contributed by atoms with Gasteiger partial charge < -0.3 is 15.0 Å². The average Bonchev–Trinajstić information content (AvgIpc) is 2.85. The van der Waals surface area contributed by atoms with E-state index in [9.17, 15) is 0 Å². The molecule has 1 unspecified atom stereocenters. The molecule has 20 heavy (non-hydrogen) atoms. The fraction of sp³-hybridized carbons (Fsp3) is 0.467. The Kier molecular flexibility index (Phi) is 4.09. The number of rotatable bonds is 4. The van der Waals surface area contributed by atoms with Gasteiger partial charge in [-0.1, -0.05) is 38.1 Å². The Bertz CT molecular complexity index is 572. The third-order valence-corrected chi connectivity index (χ3v) is 3.18. The number of nitrogens with zero attached hydrogens (tertiary/aromatic N) is 2. The summed E-state index contributed by atoms with van der Waals surface area (Å²) in [5.74, 6) is 1.93. The summed E-state index contributed by atoms with van der Waals surface area (Å²) in [5.41, 5.74) is 7.08. The van der Waals surface area contributed by atoms with Gasteiger partial charge in [0.25, 0.3) is 0 Å². The molecule has 0 aliphatic heterocycles. The molecule has 0 aliphatic rings. The zero-order valence-electron chi connectivity index (χ0n) is 12.4. The average molecular weight is 275 g/mol. The summed E-state index contributed by atoms with van der Waals surface area (Å²) in [5, 5.41) is 3.98. The molecule has 1 aromatic carbocycles. The predicted molar refractivity (Wildman–Crippen MR) is 76.5 cm³/mol. The van der Waals surface area contributed by atoms with E-state index in [0.29, 0.717) is 18.1 Å². The van der Waals surface area contributed by atoms with Crippen molar-refractivity contribution in [2.24, 2.45) is 11.1 Å². The Morgan fingerprint density at radius 2 is 2.10 bits per heavy atom. The van der Waals surface area contributed by atoms with Crippen molar-refractivity contribution in [3.05, 3.63) is 41.5 Å². The molecule has 0 saturated carbocycles. The van der Waals surface area contributed by atoms with Crippen molar-refractivity contribution < 1.29 is 9.26 Å². The molecule has 0 saturated heterocycles. The topological polar surface area (TPSA) is 74.2 Å². The highest BCUT2D eigenvalue weighted by atomic mass is 16.5. The van der Waals surface area contributed by atoms with Gasteiger partial charge in [0.1, 0.15) is 5.75 Å². The number of hydrogen-bond acceptors (Lipinski definition) is 5. The first-order valence-electron chi connectivity index (χ1n) is 6.61. The van der Waals surface area contributed by atoms with E-state index in [-0.39, 0.29) is 11.5 Å². The molecule has 108 valence electrons. The second-order valence-corrected chi connectivity index (χ2v) is 5.92. The second kappa shape index (κ2) is 5.63. The summed E-state index contributed by atoms with van der Waals surface area (Å²) >= 11 is 0. The van der Waals surface area contributed by atoms with E-state index in [0.717, 1.165) is 11.3 Å². The van der Waals surface area contributed by atoms with Gasteiger partial charge in [0, 0.05) is 0 Å². The molecule has 0 fully saturated rings. The molecule has 5 nitrogen and oxygen atoms in total. The van der Waals surface area contributed by atoms with Gasteiger partial charge in [-0.2, -0.15) is 4.98 Å². The van der Waals surface area contributed by atoms with Crippen LogP contribution in [0, 0.1) is 5.41 Å². The number of methoxy groups -OCH3 is 1. The molecule has 2 aromatic rings. The molecule has 2 N–H and O–H groups in total. The van der Waals surface area contributed by atoms with Crippen LogP contribution in [0.5, 0.6) is 5.75 Å². The number of nitrogens with two attached hydrogens (primary N) is 1. The van der Waals surface area contributed by atoms with E-state index in [1.54, 1.807) is 7.11 Å². The minimum absolute atomic E-state index is 0.100. The van der Waals surface area contributed by atoms with E-state index in [2.05, 4.69) is 30.9 Å². The molecule has 0 aliphatic carbocycles. The lowest BCUT2D eigenvalue weighted by atomic mass is 9.87. The van der Waals surface area contributed by atoms with E-state index in [4.69, 9.17) is 15.0 Å². The van der Waals surface area contributed by atoms with Crippen molar-refractivity contribution >= 4 is 0 Å². The maximum absolute atomic E-state index is 6.12. The third-order valence-electron chi connectivity index (χ3n) is 3.18. The predicted octanol–water partition coefficient (Wildman–Crippen LogP) is 2.71. The van der Waals surface area contributed by atoms with Crippen molar-refractivity contribution in [2.75, 3.05) is 7.11 Å². The van der Waals surface area contributed by atoms with Crippen LogP contribution in [0.1, 0.15) is 44.1 Å². The quantitative estimate of drug-likeness (QED) is 0.928. The summed E-state index contributed by atoms with van der Waals surface area (Å²) < 4.78 is 10.5. The molecule has 0 spiro atoms. The zero-order chi connectivity index (χ0) is 14.8.